The van der Waals surface area contributed by atoms with Gasteiger partial charge in [0.2, 0.25) is 0 Å². The number of halogens is 4. The molecule has 5 nitrogen and oxygen atoms in total. The Morgan fingerprint density at radius 2 is 1.58 bits per heavy atom. The molecule has 9 heteroatoms. The summed E-state index contributed by atoms with van der Waals surface area (Å²) in [6.07, 6.45) is -5.12. The summed E-state index contributed by atoms with van der Waals surface area (Å²) in [7, 11) is 4.51. The molecule has 1 aliphatic rings. The van der Waals surface area contributed by atoms with E-state index in [0.29, 0.717) is 35.9 Å². The van der Waals surface area contributed by atoms with Gasteiger partial charge in [-0.05, 0) is 6.42 Å². The van der Waals surface area contributed by atoms with Crippen molar-refractivity contribution in [1.29, 1.82) is 0 Å². The fourth-order valence-electron chi connectivity index (χ4n) is 3.16. The van der Waals surface area contributed by atoms with Gasteiger partial charge in [-0.1, -0.05) is 0 Å². The molecule has 0 radical (unpaired) electrons. The Balaban J connectivity index is 0.00000338. The predicted octanol–water partition coefficient (Wildman–Crippen LogP) is 3.42. The van der Waals surface area contributed by atoms with Gasteiger partial charge >= 0.3 is 6.18 Å². The Kier molecular flexibility index (Phi) is 8.79. The topological polar surface area (TPSA) is 43.0 Å². The van der Waals surface area contributed by atoms with Crippen LogP contribution in [-0.4, -0.2) is 58.6 Å². The van der Waals surface area contributed by atoms with Gasteiger partial charge in [0.15, 0.2) is 0 Å². The van der Waals surface area contributed by atoms with E-state index in [1.54, 1.807) is 12.1 Å². The quantitative estimate of drug-likeness (QED) is 0.762. The van der Waals surface area contributed by atoms with E-state index >= 15 is 0 Å². The molecule has 1 saturated heterocycles. The minimum Gasteiger partial charge on any atom is -0.496 e. The number of hydrogen-bond acceptors (Lipinski definition) is 5. The molecule has 1 aromatic carbocycles. The molecule has 1 heterocycles. The van der Waals surface area contributed by atoms with E-state index < -0.39 is 18.6 Å². The third kappa shape index (κ3) is 5.82. The second-order valence-corrected chi connectivity index (χ2v) is 5.90. The van der Waals surface area contributed by atoms with Gasteiger partial charge in [-0.25, -0.2) is 0 Å². The summed E-state index contributed by atoms with van der Waals surface area (Å²) in [5.74, 6) is 1.48. The average Bonchev–Trinajstić information content (AvgIpc) is 2.61. The van der Waals surface area contributed by atoms with Crippen LogP contribution in [0.1, 0.15) is 24.4 Å². The first-order valence-electron chi connectivity index (χ1n) is 8.21. The van der Waals surface area contributed by atoms with Crippen molar-refractivity contribution in [3.63, 3.8) is 0 Å². The zero-order chi connectivity index (χ0) is 18.4. The lowest BCUT2D eigenvalue weighted by atomic mass is 9.96. The molecule has 26 heavy (non-hydrogen) atoms. The van der Waals surface area contributed by atoms with Crippen LogP contribution in [0.2, 0.25) is 0 Å². The Morgan fingerprint density at radius 3 is 2.00 bits per heavy atom. The third-order valence-electron chi connectivity index (χ3n) is 4.38. The standard InChI is InChI=1S/C17H25F3N2O3.ClH/c1-23-12-10-14(24-2)16(15(11-12)25-3)13(4-5-17(18,19)20)22-8-6-21-7-9-22;/h10-11,13,21H,4-9H2,1-3H3;1H/t13-;/m0./s1. The van der Waals surface area contributed by atoms with Gasteiger partial charge in [0.25, 0.3) is 0 Å². The van der Waals surface area contributed by atoms with Crippen LogP contribution < -0.4 is 19.5 Å². The molecule has 0 aromatic heterocycles. The van der Waals surface area contributed by atoms with Crippen molar-refractivity contribution >= 4 is 12.4 Å². The monoisotopic (exact) mass is 398 g/mol. The Bertz CT molecular complexity index is 542. The first kappa shape index (κ1) is 22.7. The number of ether oxygens (including phenoxy) is 3. The Hall–Kier alpha value is -1.38. The number of nitrogens with zero attached hydrogens (tertiary/aromatic N) is 1. The molecule has 2 rings (SSSR count). The summed E-state index contributed by atoms with van der Waals surface area (Å²) in [6, 6.07) is 2.92. The van der Waals surface area contributed by atoms with Crippen LogP contribution in [0.25, 0.3) is 0 Å². The van der Waals surface area contributed by atoms with Crippen LogP contribution in [0.3, 0.4) is 0 Å². The third-order valence-corrected chi connectivity index (χ3v) is 4.38. The van der Waals surface area contributed by atoms with E-state index in [4.69, 9.17) is 14.2 Å². The first-order chi connectivity index (χ1) is 11.9. The number of piperazine rings is 1. The largest absolute Gasteiger partial charge is 0.496 e. The molecule has 1 aliphatic heterocycles. The highest BCUT2D eigenvalue weighted by atomic mass is 35.5. The number of nitrogens with one attached hydrogen (secondary N) is 1. The maximum atomic E-state index is 12.9. The normalized spacial score (nSPS) is 16.5. The van der Waals surface area contributed by atoms with E-state index in [2.05, 4.69) is 10.2 Å². The lowest BCUT2D eigenvalue weighted by Crippen LogP contribution is -2.45. The summed E-state index contributed by atoms with van der Waals surface area (Å²) >= 11 is 0. The highest BCUT2D eigenvalue weighted by molar-refractivity contribution is 5.85. The molecule has 1 N–H and O–H groups in total. The number of hydrogen-bond donors (Lipinski definition) is 1. The van der Waals surface area contributed by atoms with Crippen LogP contribution in [0.5, 0.6) is 17.2 Å². The molecular weight excluding hydrogens is 373 g/mol. The summed E-state index contributed by atoms with van der Waals surface area (Å²) in [5, 5.41) is 3.22. The van der Waals surface area contributed by atoms with Crippen molar-refractivity contribution in [3.8, 4) is 17.2 Å². The van der Waals surface area contributed by atoms with Gasteiger partial charge < -0.3 is 19.5 Å². The molecule has 0 spiro atoms. The van der Waals surface area contributed by atoms with Gasteiger partial charge in [0.1, 0.15) is 17.2 Å². The van der Waals surface area contributed by atoms with Crippen molar-refractivity contribution in [1.82, 2.24) is 10.2 Å². The van der Waals surface area contributed by atoms with Gasteiger partial charge in [-0.15, -0.1) is 12.4 Å². The number of alkyl halides is 3. The highest BCUT2D eigenvalue weighted by Crippen LogP contribution is 2.43. The smallest absolute Gasteiger partial charge is 0.389 e. The van der Waals surface area contributed by atoms with E-state index in [9.17, 15) is 13.2 Å². The van der Waals surface area contributed by atoms with Gasteiger partial charge in [0, 0.05) is 50.8 Å². The maximum absolute atomic E-state index is 12.9. The molecule has 1 aromatic rings. The van der Waals surface area contributed by atoms with Gasteiger partial charge in [0.05, 0.1) is 26.9 Å². The van der Waals surface area contributed by atoms with Crippen molar-refractivity contribution < 1.29 is 27.4 Å². The van der Waals surface area contributed by atoms with Crippen LogP contribution >= 0.6 is 12.4 Å². The van der Waals surface area contributed by atoms with Crippen molar-refractivity contribution in [2.45, 2.75) is 25.1 Å². The minimum atomic E-state index is -4.21. The summed E-state index contributed by atoms with van der Waals surface area (Å²) in [5.41, 5.74) is 0.636. The summed E-state index contributed by atoms with van der Waals surface area (Å²) in [4.78, 5) is 2.05. The fraction of sp³-hybridized carbons (Fsp3) is 0.647. The lowest BCUT2D eigenvalue weighted by Gasteiger charge is -2.36. The second kappa shape index (κ2) is 10.1. The zero-order valence-electron chi connectivity index (χ0n) is 15.2. The molecule has 0 unspecified atom stereocenters. The van der Waals surface area contributed by atoms with E-state index in [0.717, 1.165) is 13.1 Å². The van der Waals surface area contributed by atoms with Crippen LogP contribution in [-0.2, 0) is 0 Å². The van der Waals surface area contributed by atoms with Crippen LogP contribution in [0, 0.1) is 0 Å². The number of benzene rings is 1. The predicted molar refractivity (Wildman–Crippen MR) is 95.8 cm³/mol. The van der Waals surface area contributed by atoms with Crippen LogP contribution in [0.4, 0.5) is 13.2 Å². The molecule has 0 saturated carbocycles. The number of rotatable bonds is 7. The van der Waals surface area contributed by atoms with Crippen molar-refractivity contribution in [2.75, 3.05) is 47.5 Å². The molecule has 0 aliphatic carbocycles. The fourth-order valence-corrected chi connectivity index (χ4v) is 3.16. The van der Waals surface area contributed by atoms with Crippen molar-refractivity contribution in [3.05, 3.63) is 17.7 Å². The number of methoxy groups -OCH3 is 3. The Morgan fingerprint density at radius 1 is 1.04 bits per heavy atom. The van der Waals surface area contributed by atoms with E-state index in [1.165, 1.54) is 21.3 Å². The van der Waals surface area contributed by atoms with Gasteiger partial charge in [-0.2, -0.15) is 13.2 Å². The van der Waals surface area contributed by atoms with Crippen LogP contribution in [0.15, 0.2) is 12.1 Å². The maximum Gasteiger partial charge on any atom is 0.389 e. The minimum absolute atomic E-state index is 0. The lowest BCUT2D eigenvalue weighted by molar-refractivity contribution is -0.138. The molecule has 0 bridgehead atoms. The van der Waals surface area contributed by atoms with E-state index in [-0.39, 0.29) is 18.8 Å². The molecule has 150 valence electrons. The average molecular weight is 399 g/mol. The SMILES string of the molecule is COc1cc(OC)c([C@H](CCC(F)(F)F)N2CCNCC2)c(OC)c1.Cl. The van der Waals surface area contributed by atoms with Gasteiger partial charge in [-0.3, -0.25) is 4.90 Å². The highest BCUT2D eigenvalue weighted by Gasteiger charge is 2.34. The summed E-state index contributed by atoms with van der Waals surface area (Å²) < 4.78 is 54.7. The molecule has 1 atom stereocenters. The molecule has 1 fully saturated rings. The first-order valence-corrected chi connectivity index (χ1v) is 8.21. The van der Waals surface area contributed by atoms with E-state index in [1.807, 2.05) is 0 Å². The van der Waals surface area contributed by atoms with Crippen molar-refractivity contribution in [2.24, 2.45) is 0 Å². The zero-order valence-corrected chi connectivity index (χ0v) is 16.0. The molecule has 0 amide bonds. The molecular formula is C17H26ClF3N2O3. The Labute approximate surface area is 158 Å². The summed E-state index contributed by atoms with van der Waals surface area (Å²) in [6.45, 7) is 2.81. The second-order valence-electron chi connectivity index (χ2n) is 5.90.